The minimum Gasteiger partial charge on any atom is -0.462 e. The van der Waals surface area contributed by atoms with Crippen molar-refractivity contribution in [2.45, 2.75) is 40.3 Å². The molecule has 0 aliphatic rings. The minimum atomic E-state index is -0.944. The van der Waals surface area contributed by atoms with Crippen LogP contribution >= 0.6 is 0 Å². The molecular weight excluding hydrogens is 370 g/mol. The Morgan fingerprint density at radius 1 is 1.14 bits per heavy atom. The fraction of sp³-hybridized carbons (Fsp3) is 0.318. The topological polar surface area (TPSA) is 103 Å². The first kappa shape index (κ1) is 21.9. The molecule has 0 aliphatic carbocycles. The number of benzene rings is 1. The molecule has 2 amide bonds. The Labute approximate surface area is 170 Å². The Morgan fingerprint density at radius 3 is 2.34 bits per heavy atom. The number of rotatable bonds is 8. The van der Waals surface area contributed by atoms with Crippen molar-refractivity contribution in [3.05, 3.63) is 64.5 Å². The fourth-order valence-electron chi connectivity index (χ4n) is 3.36. The average Bonchev–Trinajstić information content (AvgIpc) is 2.94. The zero-order valence-electron chi connectivity index (χ0n) is 17.2. The monoisotopic (exact) mass is 397 g/mol. The van der Waals surface area contributed by atoms with E-state index in [1.54, 1.807) is 37.3 Å². The van der Waals surface area contributed by atoms with Gasteiger partial charge in [0, 0.05) is 29.6 Å². The van der Waals surface area contributed by atoms with Gasteiger partial charge in [0.1, 0.15) is 6.04 Å². The number of nitrogens with zero attached hydrogens (tertiary/aromatic N) is 1. The minimum absolute atomic E-state index is 0.260. The molecular formula is C22H27N3O4. The molecule has 1 atom stereocenters. The van der Waals surface area contributed by atoms with E-state index in [4.69, 9.17) is 10.5 Å². The lowest BCUT2D eigenvalue weighted by Crippen LogP contribution is -2.36. The first-order valence-corrected chi connectivity index (χ1v) is 9.51. The van der Waals surface area contributed by atoms with Gasteiger partial charge in [-0.2, -0.15) is 0 Å². The average molecular weight is 397 g/mol. The summed E-state index contributed by atoms with van der Waals surface area (Å²) >= 11 is 0. The molecule has 0 saturated heterocycles. The van der Waals surface area contributed by atoms with E-state index in [9.17, 15) is 14.4 Å². The summed E-state index contributed by atoms with van der Waals surface area (Å²) in [6.07, 6.45) is 2.86. The predicted molar refractivity (Wildman–Crippen MR) is 111 cm³/mol. The van der Waals surface area contributed by atoms with Crippen molar-refractivity contribution in [1.29, 1.82) is 0 Å². The summed E-state index contributed by atoms with van der Waals surface area (Å²) in [5.41, 5.74) is 8.73. The van der Waals surface area contributed by atoms with Crippen LogP contribution in [0.15, 0.2) is 36.4 Å². The Hall–Kier alpha value is -3.35. The van der Waals surface area contributed by atoms with Crippen LogP contribution in [0.2, 0.25) is 0 Å². The van der Waals surface area contributed by atoms with Crippen LogP contribution in [0.3, 0.4) is 0 Å². The Balaban J connectivity index is 2.31. The first-order valence-electron chi connectivity index (χ1n) is 9.51. The quantitative estimate of drug-likeness (QED) is 0.528. The molecule has 2 aromatic rings. The van der Waals surface area contributed by atoms with Crippen LogP contribution in [0.1, 0.15) is 52.8 Å². The van der Waals surface area contributed by atoms with Crippen LogP contribution in [0.25, 0.3) is 6.08 Å². The maximum Gasteiger partial charge on any atom is 0.340 e. The van der Waals surface area contributed by atoms with E-state index in [1.807, 2.05) is 31.4 Å². The standard InChI is InChI=1S/C22H27N3O4/c1-5-25-14(3)17(19(15(25)4)22(28)29-6-2)12-13-18(26)24-20(21(23)27)16-10-8-7-9-11-16/h7-13,20H,5-6H2,1-4H3,(H2,23,27)(H,24,26)/b13-12+. The summed E-state index contributed by atoms with van der Waals surface area (Å²) in [6, 6.07) is 7.82. The lowest BCUT2D eigenvalue weighted by molar-refractivity contribution is -0.125. The van der Waals surface area contributed by atoms with E-state index >= 15 is 0 Å². The number of amides is 2. The summed E-state index contributed by atoms with van der Waals surface area (Å²) in [5, 5.41) is 2.61. The number of ether oxygens (including phenoxy) is 1. The number of nitrogens with two attached hydrogens (primary N) is 1. The predicted octanol–water partition coefficient (Wildman–Crippen LogP) is 2.66. The Kier molecular flexibility index (Phi) is 7.36. The van der Waals surface area contributed by atoms with Gasteiger partial charge in [0.05, 0.1) is 12.2 Å². The van der Waals surface area contributed by atoms with Crippen molar-refractivity contribution in [2.75, 3.05) is 6.61 Å². The molecule has 7 heteroatoms. The largest absolute Gasteiger partial charge is 0.462 e. The zero-order chi connectivity index (χ0) is 21.6. The lowest BCUT2D eigenvalue weighted by Gasteiger charge is -2.14. The molecule has 2 rings (SSSR count). The van der Waals surface area contributed by atoms with Gasteiger partial charge < -0.3 is 20.4 Å². The van der Waals surface area contributed by atoms with Crippen molar-refractivity contribution in [1.82, 2.24) is 9.88 Å². The smallest absolute Gasteiger partial charge is 0.340 e. The molecule has 0 spiro atoms. The molecule has 1 aromatic heterocycles. The second-order valence-corrected chi connectivity index (χ2v) is 6.51. The Morgan fingerprint density at radius 2 is 1.79 bits per heavy atom. The van der Waals surface area contributed by atoms with E-state index in [0.717, 1.165) is 11.4 Å². The van der Waals surface area contributed by atoms with Gasteiger partial charge >= 0.3 is 5.97 Å². The van der Waals surface area contributed by atoms with Crippen molar-refractivity contribution < 1.29 is 19.1 Å². The normalized spacial score (nSPS) is 12.0. The maximum absolute atomic E-state index is 12.5. The van der Waals surface area contributed by atoms with Crippen molar-refractivity contribution in [2.24, 2.45) is 5.73 Å². The van der Waals surface area contributed by atoms with Crippen LogP contribution in [0.4, 0.5) is 0 Å². The third-order valence-electron chi connectivity index (χ3n) is 4.73. The first-order chi connectivity index (χ1) is 13.8. The summed E-state index contributed by atoms with van der Waals surface area (Å²) in [6.45, 7) is 8.39. The molecule has 154 valence electrons. The Bertz CT molecular complexity index is 929. The van der Waals surface area contributed by atoms with Gasteiger partial charge in [-0.3, -0.25) is 9.59 Å². The van der Waals surface area contributed by atoms with E-state index in [0.29, 0.717) is 23.2 Å². The van der Waals surface area contributed by atoms with Gasteiger partial charge in [-0.1, -0.05) is 30.3 Å². The number of esters is 1. The van der Waals surface area contributed by atoms with Gasteiger partial charge in [0.2, 0.25) is 11.8 Å². The summed E-state index contributed by atoms with van der Waals surface area (Å²) in [7, 11) is 0. The maximum atomic E-state index is 12.5. The van der Waals surface area contributed by atoms with E-state index in [1.165, 1.54) is 6.08 Å². The van der Waals surface area contributed by atoms with Crippen molar-refractivity contribution >= 4 is 23.9 Å². The van der Waals surface area contributed by atoms with Gasteiger partial charge in [-0.05, 0) is 39.3 Å². The second kappa shape index (κ2) is 9.73. The molecule has 3 N–H and O–H groups in total. The van der Waals surface area contributed by atoms with Crippen molar-refractivity contribution in [3.63, 3.8) is 0 Å². The number of aromatic nitrogens is 1. The molecule has 0 fully saturated rings. The van der Waals surface area contributed by atoms with E-state index < -0.39 is 23.8 Å². The number of carbonyl (C=O) groups is 3. The molecule has 1 unspecified atom stereocenters. The van der Waals surface area contributed by atoms with Gasteiger partial charge in [0.15, 0.2) is 0 Å². The highest BCUT2D eigenvalue weighted by Crippen LogP contribution is 2.25. The molecule has 1 heterocycles. The second-order valence-electron chi connectivity index (χ2n) is 6.51. The fourth-order valence-corrected chi connectivity index (χ4v) is 3.36. The highest BCUT2D eigenvalue weighted by atomic mass is 16.5. The summed E-state index contributed by atoms with van der Waals surface area (Å²) in [4.78, 5) is 36.7. The molecule has 1 aromatic carbocycles. The molecule has 0 aliphatic heterocycles. The van der Waals surface area contributed by atoms with Crippen LogP contribution in [-0.2, 0) is 20.9 Å². The lowest BCUT2D eigenvalue weighted by atomic mass is 10.1. The van der Waals surface area contributed by atoms with Crippen LogP contribution in [0, 0.1) is 13.8 Å². The van der Waals surface area contributed by atoms with E-state index in [2.05, 4.69) is 5.32 Å². The SMILES string of the molecule is CCOC(=O)c1c(/C=C/C(=O)NC(C(N)=O)c2ccccc2)c(C)n(CC)c1C. The summed E-state index contributed by atoms with van der Waals surface area (Å²) in [5.74, 6) is -1.58. The molecule has 0 saturated carbocycles. The molecule has 0 bridgehead atoms. The number of primary amides is 1. The van der Waals surface area contributed by atoms with Gasteiger partial charge in [-0.25, -0.2) is 4.79 Å². The number of hydrogen-bond acceptors (Lipinski definition) is 4. The molecule has 0 radical (unpaired) electrons. The zero-order valence-corrected chi connectivity index (χ0v) is 17.2. The number of hydrogen-bond donors (Lipinski definition) is 2. The van der Waals surface area contributed by atoms with Crippen molar-refractivity contribution in [3.8, 4) is 0 Å². The number of carbonyl (C=O) groups excluding carboxylic acids is 3. The molecule has 7 nitrogen and oxygen atoms in total. The third kappa shape index (κ3) is 4.93. The highest BCUT2D eigenvalue weighted by Gasteiger charge is 2.23. The van der Waals surface area contributed by atoms with Gasteiger partial charge in [0.25, 0.3) is 0 Å². The summed E-state index contributed by atoms with van der Waals surface area (Å²) < 4.78 is 7.16. The highest BCUT2D eigenvalue weighted by molar-refractivity contribution is 6.00. The number of nitrogens with one attached hydrogen (secondary N) is 1. The van der Waals surface area contributed by atoms with E-state index in [-0.39, 0.29) is 6.61 Å². The van der Waals surface area contributed by atoms with Gasteiger partial charge in [-0.15, -0.1) is 0 Å². The van der Waals surface area contributed by atoms with Crippen LogP contribution in [0.5, 0.6) is 0 Å². The van der Waals surface area contributed by atoms with Crippen LogP contribution in [-0.4, -0.2) is 29.0 Å². The molecule has 29 heavy (non-hydrogen) atoms. The third-order valence-corrected chi connectivity index (χ3v) is 4.73. The van der Waals surface area contributed by atoms with Crippen LogP contribution < -0.4 is 11.1 Å².